The quantitative estimate of drug-likeness (QED) is 0.667. The van der Waals surface area contributed by atoms with E-state index in [1.165, 1.54) is 0 Å². The lowest BCUT2D eigenvalue weighted by Gasteiger charge is -2.22. The molecule has 27 heavy (non-hydrogen) atoms. The van der Waals surface area contributed by atoms with Gasteiger partial charge in [0.05, 0.1) is 0 Å². The standard InChI is InChI=1S/C19H20F3N3O2/c1-2-3-4-16(26)25(11-13-5-6-13)12-14-7-9-15(10-8-14)17-23-18(27-24-17)19(20,21)22/h2-3,7-10,13H,4-6,11-12H2,1H3. The van der Waals surface area contributed by atoms with E-state index < -0.39 is 12.1 Å². The zero-order valence-electron chi connectivity index (χ0n) is 14.9. The number of hydrogen-bond acceptors (Lipinski definition) is 4. The molecule has 1 aliphatic carbocycles. The van der Waals surface area contributed by atoms with Crippen LogP contribution in [0.2, 0.25) is 0 Å². The van der Waals surface area contributed by atoms with Crippen molar-refractivity contribution >= 4 is 5.91 Å². The van der Waals surface area contributed by atoms with Gasteiger partial charge in [0.25, 0.3) is 0 Å². The highest BCUT2D eigenvalue weighted by atomic mass is 19.4. The summed E-state index contributed by atoms with van der Waals surface area (Å²) in [7, 11) is 0. The Hall–Kier alpha value is -2.64. The molecule has 1 fully saturated rings. The molecule has 0 bridgehead atoms. The number of benzene rings is 1. The molecule has 0 aliphatic heterocycles. The molecule has 1 saturated carbocycles. The molecule has 0 unspecified atom stereocenters. The Bertz CT molecular complexity index is 808. The molecule has 1 aromatic carbocycles. The average Bonchev–Trinajstić information content (AvgIpc) is 3.30. The highest BCUT2D eigenvalue weighted by Crippen LogP contribution is 2.31. The number of halogens is 3. The van der Waals surface area contributed by atoms with Gasteiger partial charge in [-0.1, -0.05) is 41.6 Å². The highest BCUT2D eigenvalue weighted by molar-refractivity contribution is 5.77. The molecule has 1 aromatic heterocycles. The van der Waals surface area contributed by atoms with E-state index >= 15 is 0 Å². The van der Waals surface area contributed by atoms with Crippen LogP contribution in [-0.2, 0) is 17.5 Å². The fourth-order valence-corrected chi connectivity index (χ4v) is 2.65. The van der Waals surface area contributed by atoms with Crippen LogP contribution in [0.25, 0.3) is 11.4 Å². The molecule has 5 nitrogen and oxygen atoms in total. The summed E-state index contributed by atoms with van der Waals surface area (Å²) in [5.74, 6) is -0.851. The minimum absolute atomic E-state index is 0.0667. The second-order valence-electron chi connectivity index (χ2n) is 6.61. The third-order valence-corrected chi connectivity index (χ3v) is 4.31. The monoisotopic (exact) mass is 379 g/mol. The molecular formula is C19H20F3N3O2. The van der Waals surface area contributed by atoms with Gasteiger partial charge >= 0.3 is 12.1 Å². The summed E-state index contributed by atoms with van der Waals surface area (Å²) in [4.78, 5) is 17.6. The van der Waals surface area contributed by atoms with Crippen molar-refractivity contribution in [3.63, 3.8) is 0 Å². The van der Waals surface area contributed by atoms with Crippen molar-refractivity contribution in [1.29, 1.82) is 0 Å². The van der Waals surface area contributed by atoms with Gasteiger partial charge < -0.3 is 9.42 Å². The van der Waals surface area contributed by atoms with Gasteiger partial charge in [-0.15, -0.1) is 0 Å². The van der Waals surface area contributed by atoms with E-state index in [1.807, 2.05) is 24.0 Å². The van der Waals surface area contributed by atoms with Gasteiger partial charge in [-0.25, -0.2) is 0 Å². The number of carbonyl (C=O) groups is 1. The van der Waals surface area contributed by atoms with Crippen molar-refractivity contribution in [2.24, 2.45) is 5.92 Å². The Kier molecular flexibility index (Phi) is 5.62. The van der Waals surface area contributed by atoms with Crippen LogP contribution in [0.1, 0.15) is 37.6 Å². The molecule has 1 heterocycles. The summed E-state index contributed by atoms with van der Waals surface area (Å²) in [5, 5.41) is 3.37. The fourth-order valence-electron chi connectivity index (χ4n) is 2.65. The van der Waals surface area contributed by atoms with Crippen molar-refractivity contribution in [3.8, 4) is 11.4 Å². The van der Waals surface area contributed by atoms with Crippen LogP contribution < -0.4 is 0 Å². The van der Waals surface area contributed by atoms with Gasteiger partial charge in [-0.3, -0.25) is 4.79 Å². The lowest BCUT2D eigenvalue weighted by molar-refractivity contribution is -0.159. The Balaban J connectivity index is 1.69. The number of hydrogen-bond donors (Lipinski definition) is 0. The van der Waals surface area contributed by atoms with Crippen molar-refractivity contribution < 1.29 is 22.5 Å². The maximum absolute atomic E-state index is 12.6. The summed E-state index contributed by atoms with van der Waals surface area (Å²) in [6.45, 7) is 3.07. The topological polar surface area (TPSA) is 59.2 Å². The number of rotatable bonds is 7. The minimum Gasteiger partial charge on any atom is -0.338 e. The normalized spacial score (nSPS) is 14.7. The molecular weight excluding hydrogens is 359 g/mol. The smallest absolute Gasteiger partial charge is 0.338 e. The second kappa shape index (κ2) is 7.94. The van der Waals surface area contributed by atoms with Crippen molar-refractivity contribution in [3.05, 3.63) is 47.9 Å². The molecule has 0 saturated heterocycles. The van der Waals surface area contributed by atoms with Crippen molar-refractivity contribution in [2.75, 3.05) is 6.54 Å². The molecule has 2 aromatic rings. The minimum atomic E-state index is -4.66. The Morgan fingerprint density at radius 2 is 2.00 bits per heavy atom. The number of allylic oxidation sites excluding steroid dienone is 1. The first-order valence-electron chi connectivity index (χ1n) is 8.76. The van der Waals surface area contributed by atoms with E-state index in [-0.39, 0.29) is 11.7 Å². The number of amides is 1. The van der Waals surface area contributed by atoms with E-state index in [2.05, 4.69) is 14.7 Å². The summed E-state index contributed by atoms with van der Waals surface area (Å²) < 4.78 is 41.9. The van der Waals surface area contributed by atoms with Gasteiger partial charge in [0.15, 0.2) is 0 Å². The molecule has 0 spiro atoms. The van der Waals surface area contributed by atoms with Gasteiger partial charge in [0.2, 0.25) is 11.7 Å². The number of nitrogens with zero attached hydrogens (tertiary/aromatic N) is 3. The molecule has 0 N–H and O–H groups in total. The molecule has 1 amide bonds. The molecule has 144 valence electrons. The predicted octanol–water partition coefficient (Wildman–Crippen LogP) is 4.46. The van der Waals surface area contributed by atoms with E-state index in [0.29, 0.717) is 24.4 Å². The molecule has 0 atom stereocenters. The van der Waals surface area contributed by atoms with Crippen LogP contribution in [0.15, 0.2) is 40.9 Å². The van der Waals surface area contributed by atoms with Crippen LogP contribution in [0.4, 0.5) is 13.2 Å². The first-order valence-corrected chi connectivity index (χ1v) is 8.76. The Morgan fingerprint density at radius 1 is 1.30 bits per heavy atom. The van der Waals surface area contributed by atoms with Gasteiger partial charge in [0, 0.05) is 25.1 Å². The first kappa shape index (κ1) is 19.1. The molecule has 3 rings (SSSR count). The first-order chi connectivity index (χ1) is 12.9. The third kappa shape index (κ3) is 5.18. The number of carbonyl (C=O) groups excluding carboxylic acids is 1. The van der Waals surface area contributed by atoms with Gasteiger partial charge in [-0.2, -0.15) is 18.2 Å². The lowest BCUT2D eigenvalue weighted by Crippen LogP contribution is -2.31. The summed E-state index contributed by atoms with van der Waals surface area (Å²) in [6.07, 6.45) is 1.67. The van der Waals surface area contributed by atoms with Crippen LogP contribution in [0, 0.1) is 5.92 Å². The average molecular weight is 379 g/mol. The predicted molar refractivity (Wildman–Crippen MR) is 92.3 cm³/mol. The molecule has 1 aliphatic rings. The number of alkyl halides is 3. The third-order valence-electron chi connectivity index (χ3n) is 4.31. The fraction of sp³-hybridized carbons (Fsp3) is 0.421. The maximum Gasteiger partial charge on any atom is 0.471 e. The zero-order valence-corrected chi connectivity index (χ0v) is 14.9. The maximum atomic E-state index is 12.6. The van der Waals surface area contributed by atoms with E-state index in [4.69, 9.17) is 0 Å². The Labute approximate surface area is 154 Å². The van der Waals surface area contributed by atoms with Crippen molar-refractivity contribution in [1.82, 2.24) is 15.0 Å². The summed E-state index contributed by atoms with van der Waals surface area (Å²) in [6, 6.07) is 6.79. The molecule has 8 heteroatoms. The van der Waals surface area contributed by atoms with E-state index in [9.17, 15) is 18.0 Å². The SMILES string of the molecule is CC=CCC(=O)N(Cc1ccc(-c2noc(C(F)(F)F)n2)cc1)CC1CC1. The summed E-state index contributed by atoms with van der Waals surface area (Å²) in [5.41, 5.74) is 1.32. The highest BCUT2D eigenvalue weighted by Gasteiger charge is 2.38. The zero-order chi connectivity index (χ0) is 19.4. The van der Waals surface area contributed by atoms with Gasteiger partial charge in [-0.05, 0) is 31.2 Å². The van der Waals surface area contributed by atoms with Crippen molar-refractivity contribution in [2.45, 2.75) is 38.9 Å². The van der Waals surface area contributed by atoms with E-state index in [1.54, 1.807) is 24.3 Å². The van der Waals surface area contributed by atoms with E-state index in [0.717, 1.165) is 24.9 Å². The van der Waals surface area contributed by atoms with Crippen LogP contribution >= 0.6 is 0 Å². The second-order valence-corrected chi connectivity index (χ2v) is 6.61. The van der Waals surface area contributed by atoms with Crippen LogP contribution in [-0.4, -0.2) is 27.5 Å². The lowest BCUT2D eigenvalue weighted by atomic mass is 10.1. The Morgan fingerprint density at radius 3 is 2.56 bits per heavy atom. The largest absolute Gasteiger partial charge is 0.471 e. The molecule has 0 radical (unpaired) electrons. The summed E-state index contributed by atoms with van der Waals surface area (Å²) >= 11 is 0. The van der Waals surface area contributed by atoms with Crippen LogP contribution in [0.3, 0.4) is 0 Å². The number of aromatic nitrogens is 2. The van der Waals surface area contributed by atoms with Crippen LogP contribution in [0.5, 0.6) is 0 Å². The van der Waals surface area contributed by atoms with Gasteiger partial charge in [0.1, 0.15) is 0 Å².